The van der Waals surface area contributed by atoms with Crippen LogP contribution in [0.1, 0.15) is 52.6 Å². The van der Waals surface area contributed by atoms with Crippen molar-refractivity contribution >= 4 is 11.8 Å². The van der Waals surface area contributed by atoms with Gasteiger partial charge in [0.2, 0.25) is 0 Å². The number of ether oxygens (including phenoxy) is 2. The second kappa shape index (κ2) is 10.6. The molecule has 2 unspecified atom stereocenters. The highest BCUT2D eigenvalue weighted by molar-refractivity contribution is 5.98. The van der Waals surface area contributed by atoms with E-state index in [0.717, 1.165) is 31.4 Å². The molecule has 0 spiro atoms. The normalized spacial score (nSPS) is 15.1. The zero-order chi connectivity index (χ0) is 30.3. The molecular weight excluding hydrogens is 546 g/mol. The standard InChI is InChI=1S/C28H24F6O6/c1-15(35)16-6-5-7-19(12-16)24(36)40-23-11-9-18(14-21(23)26(3,38)28(32,33)34)17-8-10-22(39-4)20(13-17)25(2,37)27(29,30)31/h5-14,37-38H,1-4H3. The predicted octanol–water partition coefficient (Wildman–Crippen LogP) is 6.32. The summed E-state index contributed by atoms with van der Waals surface area (Å²) >= 11 is 0. The maximum Gasteiger partial charge on any atom is 0.421 e. The second-order valence-corrected chi connectivity index (χ2v) is 9.29. The molecule has 0 saturated carbocycles. The number of aliphatic hydroxyl groups is 2. The Labute approximate surface area is 224 Å². The van der Waals surface area contributed by atoms with Crippen LogP contribution in [0.3, 0.4) is 0 Å². The van der Waals surface area contributed by atoms with E-state index >= 15 is 0 Å². The molecule has 0 aliphatic rings. The zero-order valence-corrected chi connectivity index (χ0v) is 21.6. The van der Waals surface area contributed by atoms with Crippen molar-refractivity contribution in [2.24, 2.45) is 0 Å². The Hall–Kier alpha value is -3.90. The van der Waals surface area contributed by atoms with Crippen molar-refractivity contribution in [1.29, 1.82) is 0 Å². The van der Waals surface area contributed by atoms with Crippen molar-refractivity contribution in [2.75, 3.05) is 7.11 Å². The maximum absolute atomic E-state index is 13.9. The molecule has 0 amide bonds. The summed E-state index contributed by atoms with van der Waals surface area (Å²) in [5.74, 6) is -2.50. The summed E-state index contributed by atoms with van der Waals surface area (Å²) in [6, 6.07) is 11.4. The number of alkyl halides is 6. The van der Waals surface area contributed by atoms with E-state index in [2.05, 4.69) is 0 Å². The molecule has 3 aromatic carbocycles. The van der Waals surface area contributed by atoms with Crippen molar-refractivity contribution in [1.82, 2.24) is 0 Å². The largest absolute Gasteiger partial charge is 0.496 e. The van der Waals surface area contributed by atoms with Crippen LogP contribution in [0.5, 0.6) is 11.5 Å². The molecule has 0 heterocycles. The Bertz CT molecular complexity index is 1440. The van der Waals surface area contributed by atoms with Gasteiger partial charge < -0.3 is 19.7 Å². The highest BCUT2D eigenvalue weighted by Crippen LogP contribution is 2.46. The first-order valence-electron chi connectivity index (χ1n) is 11.6. The fourth-order valence-corrected chi connectivity index (χ4v) is 3.78. The van der Waals surface area contributed by atoms with Crippen molar-refractivity contribution in [3.05, 3.63) is 82.9 Å². The summed E-state index contributed by atoms with van der Waals surface area (Å²) in [5.41, 5.74) is -8.71. The topological polar surface area (TPSA) is 93.1 Å². The van der Waals surface area contributed by atoms with Crippen molar-refractivity contribution in [3.63, 3.8) is 0 Å². The van der Waals surface area contributed by atoms with Crippen LogP contribution in [0, 0.1) is 0 Å². The van der Waals surface area contributed by atoms with Crippen LogP contribution in [0.25, 0.3) is 11.1 Å². The molecule has 0 aliphatic heterocycles. The SMILES string of the molecule is COc1ccc(-c2ccc(OC(=O)c3cccc(C(C)=O)c3)c(C(C)(O)C(F)(F)F)c2)cc1C(C)(O)C(F)(F)F. The molecule has 0 aliphatic carbocycles. The Morgan fingerprint density at radius 3 is 1.60 bits per heavy atom. The first-order valence-corrected chi connectivity index (χ1v) is 11.6. The highest BCUT2D eigenvalue weighted by Gasteiger charge is 2.54. The van der Waals surface area contributed by atoms with E-state index in [0.29, 0.717) is 13.8 Å². The number of hydrogen-bond acceptors (Lipinski definition) is 6. The Morgan fingerprint density at radius 2 is 1.15 bits per heavy atom. The summed E-state index contributed by atoms with van der Waals surface area (Å²) in [6.07, 6.45) is -10.4. The first kappa shape index (κ1) is 30.6. The third kappa shape index (κ3) is 5.82. The zero-order valence-electron chi connectivity index (χ0n) is 21.6. The Kier molecular flexibility index (Phi) is 8.11. The summed E-state index contributed by atoms with van der Waals surface area (Å²) in [5, 5.41) is 20.7. The number of carbonyl (C=O) groups is 2. The third-order valence-corrected chi connectivity index (χ3v) is 6.37. The number of esters is 1. The van der Waals surface area contributed by atoms with Gasteiger partial charge in [-0.25, -0.2) is 4.79 Å². The van der Waals surface area contributed by atoms with Gasteiger partial charge in [-0.05, 0) is 68.3 Å². The molecule has 2 N–H and O–H groups in total. The van der Waals surface area contributed by atoms with Crippen LogP contribution in [-0.4, -0.2) is 41.4 Å². The molecule has 0 aromatic heterocycles. The number of hydrogen-bond donors (Lipinski definition) is 2. The number of Topliss-reactive ketones (excluding diaryl/α,β-unsaturated/α-hetero) is 1. The number of ketones is 1. The average Bonchev–Trinajstić information content (AvgIpc) is 2.87. The highest BCUT2D eigenvalue weighted by atomic mass is 19.4. The van der Waals surface area contributed by atoms with Crippen LogP contribution in [0.15, 0.2) is 60.7 Å². The smallest absolute Gasteiger partial charge is 0.421 e. The molecular formula is C28H24F6O6. The molecule has 0 bridgehead atoms. The fourth-order valence-electron chi connectivity index (χ4n) is 3.78. The van der Waals surface area contributed by atoms with Gasteiger partial charge in [-0.2, -0.15) is 26.3 Å². The molecule has 0 saturated heterocycles. The lowest BCUT2D eigenvalue weighted by Crippen LogP contribution is -2.39. The molecule has 2 atom stereocenters. The predicted molar refractivity (Wildman–Crippen MR) is 131 cm³/mol. The van der Waals surface area contributed by atoms with Crippen molar-refractivity contribution < 1.29 is 55.6 Å². The van der Waals surface area contributed by atoms with Crippen LogP contribution in [0.2, 0.25) is 0 Å². The van der Waals surface area contributed by atoms with E-state index in [4.69, 9.17) is 9.47 Å². The second-order valence-electron chi connectivity index (χ2n) is 9.29. The minimum absolute atomic E-state index is 0.0633. The van der Waals surface area contributed by atoms with E-state index in [-0.39, 0.29) is 33.8 Å². The van der Waals surface area contributed by atoms with E-state index in [1.165, 1.54) is 43.3 Å². The monoisotopic (exact) mass is 570 g/mol. The molecule has 40 heavy (non-hydrogen) atoms. The summed E-state index contributed by atoms with van der Waals surface area (Å²) < 4.78 is 92.5. The van der Waals surface area contributed by atoms with Crippen LogP contribution in [0.4, 0.5) is 26.3 Å². The van der Waals surface area contributed by atoms with Gasteiger partial charge in [0.25, 0.3) is 0 Å². The third-order valence-electron chi connectivity index (χ3n) is 6.37. The van der Waals surface area contributed by atoms with Gasteiger partial charge in [-0.3, -0.25) is 4.79 Å². The van der Waals surface area contributed by atoms with Gasteiger partial charge in [-0.15, -0.1) is 0 Å². The molecule has 0 radical (unpaired) electrons. The molecule has 0 fully saturated rings. The van der Waals surface area contributed by atoms with Crippen molar-refractivity contribution in [2.45, 2.75) is 44.3 Å². The molecule has 12 heteroatoms. The molecule has 3 aromatic rings. The summed E-state index contributed by atoms with van der Waals surface area (Å²) in [4.78, 5) is 24.4. The van der Waals surface area contributed by atoms with Crippen molar-refractivity contribution in [3.8, 4) is 22.6 Å². The lowest BCUT2D eigenvalue weighted by atomic mass is 9.88. The van der Waals surface area contributed by atoms with Crippen LogP contribution in [-0.2, 0) is 11.2 Å². The quantitative estimate of drug-likeness (QED) is 0.149. The summed E-state index contributed by atoms with van der Waals surface area (Å²) in [7, 11) is 1.08. The van der Waals surface area contributed by atoms with E-state index in [1.807, 2.05) is 0 Å². The van der Waals surface area contributed by atoms with Gasteiger partial charge in [0.15, 0.2) is 17.0 Å². The van der Waals surface area contributed by atoms with E-state index in [1.54, 1.807) is 0 Å². The van der Waals surface area contributed by atoms with Gasteiger partial charge in [0, 0.05) is 16.7 Å². The number of benzene rings is 3. The van der Waals surface area contributed by atoms with Gasteiger partial charge in [0.1, 0.15) is 11.5 Å². The Balaban J connectivity index is 2.17. The van der Waals surface area contributed by atoms with E-state index in [9.17, 15) is 46.1 Å². The first-order chi connectivity index (χ1) is 18.3. The Morgan fingerprint density at radius 1 is 0.700 bits per heavy atom. The average molecular weight is 570 g/mol. The minimum atomic E-state index is -5.26. The lowest BCUT2D eigenvalue weighted by molar-refractivity contribution is -0.259. The lowest BCUT2D eigenvalue weighted by Gasteiger charge is -2.29. The number of halogens is 6. The molecule has 3 rings (SSSR count). The number of rotatable bonds is 7. The van der Waals surface area contributed by atoms with Crippen LogP contribution < -0.4 is 9.47 Å². The fraction of sp³-hybridized carbons (Fsp3) is 0.286. The minimum Gasteiger partial charge on any atom is -0.496 e. The summed E-state index contributed by atoms with van der Waals surface area (Å²) in [6.45, 7) is 2.17. The van der Waals surface area contributed by atoms with Gasteiger partial charge >= 0.3 is 18.3 Å². The molecule has 214 valence electrons. The number of methoxy groups -OCH3 is 1. The van der Waals surface area contributed by atoms with E-state index < -0.39 is 46.4 Å². The maximum atomic E-state index is 13.9. The van der Waals surface area contributed by atoms with Crippen LogP contribution >= 0.6 is 0 Å². The van der Waals surface area contributed by atoms with Gasteiger partial charge in [-0.1, -0.05) is 24.3 Å². The number of carbonyl (C=O) groups excluding carboxylic acids is 2. The van der Waals surface area contributed by atoms with Gasteiger partial charge in [0.05, 0.1) is 12.7 Å². The molecule has 6 nitrogen and oxygen atoms in total.